The van der Waals surface area contributed by atoms with Gasteiger partial charge in [0.25, 0.3) is 5.56 Å². The molecule has 0 spiro atoms. The maximum atomic E-state index is 14.1. The zero-order valence-electron chi connectivity index (χ0n) is 25.7. The van der Waals surface area contributed by atoms with Gasteiger partial charge >= 0.3 is 0 Å². The van der Waals surface area contributed by atoms with E-state index in [1.807, 2.05) is 17.9 Å². The summed E-state index contributed by atoms with van der Waals surface area (Å²) >= 11 is 0. The lowest BCUT2D eigenvalue weighted by molar-refractivity contribution is -0.121. The molecule has 2 fully saturated rings. The quantitative estimate of drug-likeness (QED) is 0.579. The van der Waals surface area contributed by atoms with Gasteiger partial charge in [0.15, 0.2) is 0 Å². The van der Waals surface area contributed by atoms with E-state index in [9.17, 15) is 14.0 Å². The number of halogens is 1. The highest BCUT2D eigenvalue weighted by Crippen LogP contribution is 2.40. The summed E-state index contributed by atoms with van der Waals surface area (Å²) < 4.78 is 21.3. The van der Waals surface area contributed by atoms with Crippen molar-refractivity contribution in [1.82, 2.24) is 19.7 Å². The summed E-state index contributed by atoms with van der Waals surface area (Å²) in [5.41, 5.74) is 3.59. The van der Waals surface area contributed by atoms with Crippen LogP contribution >= 0.6 is 0 Å². The number of nitrogens with zero attached hydrogens (tertiary/aromatic N) is 4. The van der Waals surface area contributed by atoms with Gasteiger partial charge in [0.05, 0.1) is 30.6 Å². The van der Waals surface area contributed by atoms with Gasteiger partial charge in [-0.2, -0.15) is 0 Å². The summed E-state index contributed by atoms with van der Waals surface area (Å²) in [6.07, 6.45) is 0.599. The summed E-state index contributed by atoms with van der Waals surface area (Å²) in [5, 5.41) is 3.62. The third-order valence-corrected chi connectivity index (χ3v) is 9.19. The Labute approximate surface area is 243 Å². The topological polar surface area (TPSA) is 70.1 Å². The van der Waals surface area contributed by atoms with Crippen LogP contribution in [0.5, 0.6) is 0 Å². The Morgan fingerprint density at radius 3 is 2.61 bits per heavy atom. The van der Waals surface area contributed by atoms with Gasteiger partial charge in [-0.25, -0.2) is 4.39 Å². The van der Waals surface area contributed by atoms with Crippen molar-refractivity contribution in [2.75, 3.05) is 50.8 Å². The molecule has 3 aliphatic rings. The number of hydrogen-bond acceptors (Lipinski definition) is 6. The first-order chi connectivity index (χ1) is 19.3. The first-order valence-corrected chi connectivity index (χ1v) is 15.0. The van der Waals surface area contributed by atoms with E-state index in [-0.39, 0.29) is 34.8 Å². The van der Waals surface area contributed by atoms with E-state index >= 15 is 0 Å². The van der Waals surface area contributed by atoms with Crippen LogP contribution in [-0.4, -0.2) is 90.4 Å². The molecule has 9 heteroatoms. The molecule has 8 nitrogen and oxygen atoms in total. The standard InChI is InChI=1S/C32H46FN5O3/c1-20-10-26(33)9-8-24(20)11-25-12-28-30(35(7)31(25)40)32(5,6)19-38(28)29(39)17-37-14-21(2)34-13-27(37)16-36-15-23(4)41-18-22(36)3/h8-10,12,21-23,27,34H,11,13-19H2,1-7H3/t21-,22-,23+,27-/m1/s1. The highest BCUT2D eigenvalue weighted by Gasteiger charge is 2.42. The number of anilines is 1. The Balaban J connectivity index is 1.40. The summed E-state index contributed by atoms with van der Waals surface area (Å²) in [6.45, 7) is 17.6. The van der Waals surface area contributed by atoms with Gasteiger partial charge in [0.1, 0.15) is 5.82 Å². The zero-order chi connectivity index (χ0) is 29.6. The third kappa shape index (κ3) is 6.14. The van der Waals surface area contributed by atoms with Gasteiger partial charge in [-0.05, 0) is 57.0 Å². The van der Waals surface area contributed by atoms with E-state index in [1.54, 1.807) is 17.7 Å². The van der Waals surface area contributed by atoms with Crippen LogP contribution in [0.3, 0.4) is 0 Å². The maximum absolute atomic E-state index is 14.1. The maximum Gasteiger partial charge on any atom is 0.254 e. The van der Waals surface area contributed by atoms with Crippen molar-refractivity contribution in [3.8, 4) is 0 Å². The van der Waals surface area contributed by atoms with E-state index in [1.165, 1.54) is 12.1 Å². The fourth-order valence-electron chi connectivity index (χ4n) is 6.92. The Kier molecular flexibility index (Phi) is 8.45. The van der Waals surface area contributed by atoms with Crippen LogP contribution < -0.4 is 15.8 Å². The Morgan fingerprint density at radius 1 is 1.12 bits per heavy atom. The molecule has 1 aromatic heterocycles. The Morgan fingerprint density at radius 2 is 1.88 bits per heavy atom. The number of pyridine rings is 1. The fourth-order valence-corrected chi connectivity index (χ4v) is 6.92. The van der Waals surface area contributed by atoms with Crippen LogP contribution in [0.2, 0.25) is 0 Å². The van der Waals surface area contributed by atoms with Crippen molar-refractivity contribution >= 4 is 11.6 Å². The van der Waals surface area contributed by atoms with Gasteiger partial charge in [-0.1, -0.05) is 19.9 Å². The van der Waals surface area contributed by atoms with E-state index in [2.05, 4.69) is 49.7 Å². The molecule has 3 aliphatic heterocycles. The summed E-state index contributed by atoms with van der Waals surface area (Å²) in [7, 11) is 1.80. The molecular weight excluding hydrogens is 521 g/mol. The second-order valence-corrected chi connectivity index (χ2v) is 13.2. The number of carbonyl (C=O) groups excluding carboxylic acids is 1. The first kappa shape index (κ1) is 29.9. The normalized spacial score (nSPS) is 26.8. The Bertz CT molecular complexity index is 1360. The highest BCUT2D eigenvalue weighted by atomic mass is 19.1. The predicted octanol–water partition coefficient (Wildman–Crippen LogP) is 2.82. The number of benzene rings is 1. The SMILES string of the molecule is Cc1cc(F)ccc1Cc1cc2c(n(C)c1=O)C(C)(C)CN2C(=O)CN1C[C@@H](C)NC[C@@H]1CN1C[C@H](C)OC[C@H]1C. The zero-order valence-corrected chi connectivity index (χ0v) is 25.7. The molecule has 2 saturated heterocycles. The van der Waals surface area contributed by atoms with Crippen molar-refractivity contribution in [3.05, 3.63) is 62.8 Å². The lowest BCUT2D eigenvalue weighted by Gasteiger charge is -2.44. The van der Waals surface area contributed by atoms with Gasteiger partial charge in [0, 0.05) is 75.3 Å². The number of morpholine rings is 1. The number of ether oxygens (including phenoxy) is 1. The van der Waals surface area contributed by atoms with Crippen LogP contribution in [0.1, 0.15) is 57.0 Å². The smallest absolute Gasteiger partial charge is 0.254 e. The molecule has 41 heavy (non-hydrogen) atoms. The average Bonchev–Trinajstić information content (AvgIpc) is 3.17. The number of aryl methyl sites for hydroxylation is 1. The van der Waals surface area contributed by atoms with Crippen molar-refractivity contribution in [3.63, 3.8) is 0 Å². The molecule has 0 saturated carbocycles. The summed E-state index contributed by atoms with van der Waals surface area (Å²) in [6, 6.07) is 7.44. The summed E-state index contributed by atoms with van der Waals surface area (Å²) in [5.74, 6) is -0.230. The van der Waals surface area contributed by atoms with E-state index in [0.717, 1.165) is 55.3 Å². The Hall–Kier alpha value is -2.59. The number of fused-ring (bicyclic) bond motifs is 1. The van der Waals surface area contributed by atoms with Crippen molar-refractivity contribution in [2.45, 2.75) is 77.6 Å². The molecule has 1 N–H and O–H groups in total. The van der Waals surface area contributed by atoms with Crippen molar-refractivity contribution < 1.29 is 13.9 Å². The molecule has 4 atom stereocenters. The molecular formula is C32H46FN5O3. The van der Waals surface area contributed by atoms with Gasteiger partial charge in [0.2, 0.25) is 5.91 Å². The van der Waals surface area contributed by atoms with Crippen LogP contribution in [0.25, 0.3) is 0 Å². The number of rotatable bonds is 6. The second kappa shape index (κ2) is 11.6. The monoisotopic (exact) mass is 567 g/mol. The molecule has 0 radical (unpaired) electrons. The van der Waals surface area contributed by atoms with Crippen molar-refractivity contribution in [1.29, 1.82) is 0 Å². The minimum Gasteiger partial charge on any atom is -0.376 e. The van der Waals surface area contributed by atoms with E-state index < -0.39 is 0 Å². The average molecular weight is 568 g/mol. The third-order valence-electron chi connectivity index (χ3n) is 9.19. The van der Waals surface area contributed by atoms with Crippen LogP contribution in [0, 0.1) is 12.7 Å². The molecule has 0 unspecified atom stereocenters. The lowest BCUT2D eigenvalue weighted by Crippen LogP contribution is -2.62. The molecule has 4 heterocycles. The molecule has 224 valence electrons. The molecule has 0 bridgehead atoms. The number of nitrogens with one attached hydrogen (secondary N) is 1. The van der Waals surface area contributed by atoms with E-state index in [0.29, 0.717) is 37.2 Å². The summed E-state index contributed by atoms with van der Waals surface area (Å²) in [4.78, 5) is 34.3. The first-order valence-electron chi connectivity index (χ1n) is 15.0. The van der Waals surface area contributed by atoms with Gasteiger partial charge < -0.3 is 19.5 Å². The second-order valence-electron chi connectivity index (χ2n) is 13.2. The predicted molar refractivity (Wildman–Crippen MR) is 160 cm³/mol. The fraction of sp³-hybridized carbons (Fsp3) is 0.625. The minimum absolute atomic E-state index is 0.0573. The van der Waals surface area contributed by atoms with Crippen LogP contribution in [-0.2, 0) is 28.4 Å². The number of piperazine rings is 1. The molecule has 1 amide bonds. The molecule has 1 aromatic carbocycles. The van der Waals surface area contributed by atoms with Crippen molar-refractivity contribution in [2.24, 2.45) is 7.05 Å². The highest BCUT2D eigenvalue weighted by molar-refractivity contribution is 5.97. The molecule has 0 aliphatic carbocycles. The largest absolute Gasteiger partial charge is 0.376 e. The van der Waals surface area contributed by atoms with Crippen LogP contribution in [0.15, 0.2) is 29.1 Å². The number of amides is 1. The van der Waals surface area contributed by atoms with Gasteiger partial charge in [-0.15, -0.1) is 0 Å². The number of carbonyl (C=O) groups is 1. The lowest BCUT2D eigenvalue weighted by atomic mass is 9.90. The minimum atomic E-state index is -0.362. The number of hydrogen-bond donors (Lipinski definition) is 1. The molecule has 2 aromatic rings. The molecule has 5 rings (SSSR count). The number of aromatic nitrogens is 1. The van der Waals surface area contributed by atoms with E-state index in [4.69, 9.17) is 4.74 Å². The van der Waals surface area contributed by atoms with Crippen LogP contribution in [0.4, 0.5) is 10.1 Å². The van der Waals surface area contributed by atoms with Gasteiger partial charge in [-0.3, -0.25) is 19.4 Å².